The maximum Gasteiger partial charge on any atom is 0.237 e. The molecule has 8 nitrogen and oxygen atoms in total. The molecular weight excluding hydrogens is 412 g/mol. The van der Waals surface area contributed by atoms with Crippen molar-refractivity contribution in [2.45, 2.75) is 18.7 Å². The lowest BCUT2D eigenvalue weighted by molar-refractivity contribution is -0.115. The predicted octanol–water partition coefficient (Wildman–Crippen LogP) is 3.95. The smallest absolute Gasteiger partial charge is 0.237 e. The number of rotatable bonds is 7. The van der Waals surface area contributed by atoms with Crippen LogP contribution < -0.4 is 15.8 Å². The number of nitrogens with one attached hydrogen (secondary N) is 1. The van der Waals surface area contributed by atoms with Crippen LogP contribution in [0.15, 0.2) is 47.5 Å². The van der Waals surface area contributed by atoms with Crippen LogP contribution in [0.4, 0.5) is 11.6 Å². The van der Waals surface area contributed by atoms with Gasteiger partial charge in [0.15, 0.2) is 0 Å². The van der Waals surface area contributed by atoms with Crippen LogP contribution in [0.25, 0.3) is 0 Å². The van der Waals surface area contributed by atoms with Crippen molar-refractivity contribution >= 4 is 29.3 Å². The molecule has 3 rings (SSSR count). The minimum absolute atomic E-state index is 0.0491. The zero-order valence-corrected chi connectivity index (χ0v) is 17.7. The van der Waals surface area contributed by atoms with E-state index in [1.165, 1.54) is 11.8 Å². The molecular formula is C22H18N6O2S. The van der Waals surface area contributed by atoms with Crippen LogP contribution in [0.3, 0.4) is 0 Å². The van der Waals surface area contributed by atoms with Crippen molar-refractivity contribution in [3.63, 3.8) is 0 Å². The van der Waals surface area contributed by atoms with Crippen LogP contribution in [0.2, 0.25) is 0 Å². The van der Waals surface area contributed by atoms with Crippen LogP contribution in [0.1, 0.15) is 22.3 Å². The van der Waals surface area contributed by atoms with E-state index in [-0.39, 0.29) is 17.6 Å². The highest BCUT2D eigenvalue weighted by Gasteiger charge is 2.15. The molecule has 31 heavy (non-hydrogen) atoms. The number of hydrogen-bond acceptors (Lipinski definition) is 8. The van der Waals surface area contributed by atoms with Crippen LogP contribution >= 0.6 is 11.8 Å². The maximum atomic E-state index is 11.2. The second kappa shape index (κ2) is 9.61. The molecule has 154 valence electrons. The highest BCUT2D eigenvalue weighted by molar-refractivity contribution is 8.00. The molecule has 1 aromatic heterocycles. The zero-order chi connectivity index (χ0) is 22.4. The van der Waals surface area contributed by atoms with Crippen LogP contribution in [-0.4, -0.2) is 21.6 Å². The van der Waals surface area contributed by atoms with Gasteiger partial charge in [-0.1, -0.05) is 0 Å². The molecule has 0 saturated carbocycles. The summed E-state index contributed by atoms with van der Waals surface area (Å²) in [7, 11) is 0. The molecule has 0 saturated heterocycles. The number of thioether (sulfide) groups is 1. The van der Waals surface area contributed by atoms with Gasteiger partial charge in [-0.05, 0) is 61.4 Å². The highest BCUT2D eigenvalue weighted by Crippen LogP contribution is 2.35. The lowest BCUT2D eigenvalue weighted by atomic mass is 10.1. The molecule has 1 amide bonds. The number of nitrogens with zero attached hydrogens (tertiary/aromatic N) is 4. The third-order valence-corrected chi connectivity index (χ3v) is 5.17. The van der Waals surface area contributed by atoms with Gasteiger partial charge in [0.1, 0.15) is 5.75 Å². The fourth-order valence-corrected chi connectivity index (χ4v) is 3.40. The van der Waals surface area contributed by atoms with Gasteiger partial charge in [-0.3, -0.25) is 4.79 Å². The van der Waals surface area contributed by atoms with Gasteiger partial charge >= 0.3 is 0 Å². The Hall–Kier alpha value is -4.08. The van der Waals surface area contributed by atoms with E-state index in [0.717, 1.165) is 11.1 Å². The Morgan fingerprint density at radius 3 is 2.35 bits per heavy atom. The summed E-state index contributed by atoms with van der Waals surface area (Å²) in [5, 5.41) is 21.2. The van der Waals surface area contributed by atoms with Gasteiger partial charge in [-0.25, -0.2) is 4.98 Å². The quantitative estimate of drug-likeness (QED) is 0.537. The lowest BCUT2D eigenvalue weighted by Gasteiger charge is -2.15. The SMILES string of the molecule is Cc1cc(C#N)cc(C)c1Oc1nc(Nc2ccc(C#N)cc2)ncc1SCC(N)=O. The number of aryl methyl sites for hydroxylation is 2. The van der Waals surface area contributed by atoms with Crippen molar-refractivity contribution in [2.24, 2.45) is 5.73 Å². The Morgan fingerprint density at radius 1 is 1.13 bits per heavy atom. The first-order valence-electron chi connectivity index (χ1n) is 9.14. The van der Waals surface area contributed by atoms with E-state index >= 15 is 0 Å². The topological polar surface area (TPSA) is 138 Å². The van der Waals surface area contributed by atoms with Crippen molar-refractivity contribution in [3.05, 3.63) is 64.8 Å². The predicted molar refractivity (Wildman–Crippen MR) is 117 cm³/mol. The van der Waals surface area contributed by atoms with E-state index in [1.807, 2.05) is 13.8 Å². The standard InChI is InChI=1S/C22H18N6O2S/c1-13-7-16(10-24)8-14(2)20(13)30-21-18(31-12-19(25)29)11-26-22(28-21)27-17-5-3-15(9-23)4-6-17/h3-8,11H,12H2,1-2H3,(H2,25,29)(H,26,27,28). The number of primary amides is 1. The van der Waals surface area contributed by atoms with Gasteiger partial charge in [0.25, 0.3) is 0 Å². The van der Waals surface area contributed by atoms with Crippen molar-refractivity contribution in [1.82, 2.24) is 9.97 Å². The Balaban J connectivity index is 1.95. The van der Waals surface area contributed by atoms with Crippen molar-refractivity contribution in [1.29, 1.82) is 10.5 Å². The number of nitrogens with two attached hydrogens (primary N) is 1. The number of aromatic nitrogens is 2. The van der Waals surface area contributed by atoms with E-state index in [0.29, 0.717) is 27.5 Å². The fourth-order valence-electron chi connectivity index (χ4n) is 2.77. The Labute approximate surface area is 183 Å². The Kier molecular flexibility index (Phi) is 6.71. The van der Waals surface area contributed by atoms with E-state index in [9.17, 15) is 4.79 Å². The first-order chi connectivity index (χ1) is 14.9. The first kappa shape index (κ1) is 21.6. The summed E-state index contributed by atoms with van der Waals surface area (Å²) in [4.78, 5) is 20.5. The second-order valence-electron chi connectivity index (χ2n) is 6.59. The van der Waals surface area contributed by atoms with Gasteiger partial charge in [0.2, 0.25) is 17.7 Å². The molecule has 3 aromatic rings. The summed E-state index contributed by atoms with van der Waals surface area (Å²) in [6, 6.07) is 14.5. The van der Waals surface area contributed by atoms with Crippen molar-refractivity contribution in [3.8, 4) is 23.8 Å². The van der Waals surface area contributed by atoms with Crippen molar-refractivity contribution < 1.29 is 9.53 Å². The summed E-state index contributed by atoms with van der Waals surface area (Å²) in [6.45, 7) is 3.69. The molecule has 0 aliphatic heterocycles. The Bertz CT molecular complexity index is 1190. The van der Waals surface area contributed by atoms with Gasteiger partial charge in [0, 0.05) is 11.9 Å². The average molecular weight is 430 g/mol. The Morgan fingerprint density at radius 2 is 1.77 bits per heavy atom. The fraction of sp³-hybridized carbons (Fsp3) is 0.136. The molecule has 0 fully saturated rings. The summed E-state index contributed by atoms with van der Waals surface area (Å²) < 4.78 is 6.10. The van der Waals surface area contributed by atoms with E-state index in [2.05, 4.69) is 27.4 Å². The number of hydrogen-bond donors (Lipinski definition) is 2. The summed E-state index contributed by atoms with van der Waals surface area (Å²) in [6.07, 6.45) is 1.55. The minimum Gasteiger partial charge on any atom is -0.437 e. The maximum absolute atomic E-state index is 11.2. The molecule has 9 heteroatoms. The minimum atomic E-state index is -0.471. The second-order valence-corrected chi connectivity index (χ2v) is 7.60. The number of carbonyl (C=O) groups is 1. The van der Waals surface area contributed by atoms with Crippen LogP contribution in [0.5, 0.6) is 11.6 Å². The normalized spacial score (nSPS) is 10.1. The largest absolute Gasteiger partial charge is 0.437 e. The monoisotopic (exact) mass is 430 g/mol. The third kappa shape index (κ3) is 5.50. The van der Waals surface area contributed by atoms with Crippen LogP contribution in [0, 0.1) is 36.5 Å². The molecule has 0 aliphatic carbocycles. The number of carbonyl (C=O) groups excluding carboxylic acids is 1. The number of anilines is 2. The highest BCUT2D eigenvalue weighted by atomic mass is 32.2. The van der Waals surface area contributed by atoms with E-state index in [4.69, 9.17) is 21.0 Å². The molecule has 0 radical (unpaired) electrons. The van der Waals surface area contributed by atoms with Gasteiger partial charge in [-0.2, -0.15) is 15.5 Å². The lowest BCUT2D eigenvalue weighted by Crippen LogP contribution is -2.13. The molecule has 0 spiro atoms. The number of nitriles is 2. The third-order valence-electron chi connectivity index (χ3n) is 4.15. The van der Waals surface area contributed by atoms with Crippen molar-refractivity contribution in [2.75, 3.05) is 11.1 Å². The molecule has 3 N–H and O–H groups in total. The van der Waals surface area contributed by atoms with E-state index in [1.54, 1.807) is 42.6 Å². The molecule has 0 unspecified atom stereocenters. The number of ether oxygens (including phenoxy) is 1. The molecule has 0 bridgehead atoms. The molecule has 0 atom stereocenters. The average Bonchev–Trinajstić information content (AvgIpc) is 2.75. The summed E-state index contributed by atoms with van der Waals surface area (Å²) >= 11 is 1.17. The van der Waals surface area contributed by atoms with Gasteiger partial charge < -0.3 is 15.8 Å². The summed E-state index contributed by atoms with van der Waals surface area (Å²) in [5.41, 5.74) is 8.61. The number of benzene rings is 2. The van der Waals surface area contributed by atoms with Crippen LogP contribution in [-0.2, 0) is 4.79 Å². The number of amides is 1. The van der Waals surface area contributed by atoms with Gasteiger partial charge in [0.05, 0.1) is 33.9 Å². The zero-order valence-electron chi connectivity index (χ0n) is 16.8. The van der Waals surface area contributed by atoms with E-state index < -0.39 is 5.91 Å². The molecule has 0 aliphatic rings. The molecule has 1 heterocycles. The van der Waals surface area contributed by atoms with Gasteiger partial charge in [-0.15, -0.1) is 11.8 Å². The molecule has 2 aromatic carbocycles. The first-order valence-corrected chi connectivity index (χ1v) is 10.1. The summed E-state index contributed by atoms with van der Waals surface area (Å²) in [5.74, 6) is 0.692.